The lowest BCUT2D eigenvalue weighted by Crippen LogP contribution is -2.14. The summed E-state index contributed by atoms with van der Waals surface area (Å²) in [5.74, 6) is -0.604. The molecular formula is C62H43F2N3. The molecule has 320 valence electrons. The van der Waals surface area contributed by atoms with Gasteiger partial charge >= 0.3 is 0 Å². The summed E-state index contributed by atoms with van der Waals surface area (Å²) < 4.78 is 33.4. The van der Waals surface area contributed by atoms with E-state index in [1.807, 2.05) is 78.9 Å². The Hall–Kier alpha value is -8.80. The zero-order valence-corrected chi connectivity index (χ0v) is 36.4. The highest BCUT2D eigenvalue weighted by Gasteiger charge is 2.23. The molecule has 67 heavy (non-hydrogen) atoms. The maximum Gasteiger partial charge on any atom is 0.131 e. The molecule has 5 heteroatoms. The van der Waals surface area contributed by atoms with Crippen LogP contribution in [0.3, 0.4) is 0 Å². The third kappa shape index (κ3) is 8.04. The average Bonchev–Trinajstić information content (AvgIpc) is 3.78. The van der Waals surface area contributed by atoms with Crippen molar-refractivity contribution in [3.05, 3.63) is 273 Å². The molecule has 0 atom stereocenters. The van der Waals surface area contributed by atoms with Crippen LogP contribution in [0.2, 0.25) is 0 Å². The lowest BCUT2D eigenvalue weighted by atomic mass is 9.96. The van der Waals surface area contributed by atoms with Crippen LogP contribution in [0.1, 0.15) is 0 Å². The predicted molar refractivity (Wildman–Crippen MR) is 274 cm³/mol. The molecule has 0 saturated carbocycles. The van der Waals surface area contributed by atoms with E-state index in [4.69, 9.17) is 0 Å². The molecule has 0 unspecified atom stereocenters. The fourth-order valence-electron chi connectivity index (χ4n) is 9.24. The first-order valence-electron chi connectivity index (χ1n) is 22.4. The number of hydrogen-bond acceptors (Lipinski definition) is 2. The predicted octanol–water partition coefficient (Wildman–Crippen LogP) is 17.5. The largest absolute Gasteiger partial charge is 0.315 e. The number of nitrogens with zero attached hydrogens (tertiary/aromatic N) is 3. The third-order valence-corrected chi connectivity index (χ3v) is 12.3. The molecule has 0 spiro atoms. The van der Waals surface area contributed by atoms with E-state index in [9.17, 15) is 0 Å². The van der Waals surface area contributed by atoms with E-state index in [0.717, 1.165) is 84.1 Å². The van der Waals surface area contributed by atoms with Crippen molar-refractivity contribution in [1.29, 1.82) is 0 Å². The molecule has 1 heterocycles. The summed E-state index contributed by atoms with van der Waals surface area (Å²) in [5, 5.41) is 2.21. The SMILES string of the molecule is Fc1ccccc1-c1cccc(N(c2cccc(-c3ccccc3F)c2)c2cc(-c3cccc4c(-c5ccccc5)n(-c5ccccc5)cc34)cc(N(c3ccccc3)c3ccccc3)c2)c1. The summed E-state index contributed by atoms with van der Waals surface area (Å²) in [7, 11) is 0. The van der Waals surface area contributed by atoms with Gasteiger partial charge in [0.2, 0.25) is 0 Å². The fraction of sp³-hybridized carbons (Fsp3) is 0. The Kier molecular flexibility index (Phi) is 11.0. The van der Waals surface area contributed by atoms with E-state index in [-0.39, 0.29) is 11.6 Å². The molecule has 11 rings (SSSR count). The van der Waals surface area contributed by atoms with Gasteiger partial charge in [0.25, 0.3) is 0 Å². The zero-order valence-electron chi connectivity index (χ0n) is 36.4. The Morgan fingerprint density at radius 3 is 1.22 bits per heavy atom. The van der Waals surface area contributed by atoms with E-state index in [0.29, 0.717) is 11.1 Å². The molecule has 0 aliphatic heterocycles. The number of para-hydroxylation sites is 3. The number of halogens is 2. The average molecular weight is 868 g/mol. The summed E-state index contributed by atoms with van der Waals surface area (Å²) in [4.78, 5) is 4.47. The highest BCUT2D eigenvalue weighted by atomic mass is 19.1. The van der Waals surface area contributed by atoms with Crippen LogP contribution in [-0.2, 0) is 0 Å². The lowest BCUT2D eigenvalue weighted by molar-refractivity contribution is 0.631. The number of aromatic nitrogens is 1. The van der Waals surface area contributed by atoms with Gasteiger partial charge in [-0.2, -0.15) is 0 Å². The summed E-state index contributed by atoms with van der Waals surface area (Å²) in [6, 6.07) is 84.8. The van der Waals surface area contributed by atoms with Crippen molar-refractivity contribution < 1.29 is 8.78 Å². The van der Waals surface area contributed by atoms with E-state index < -0.39 is 0 Å². The Labute approximate surface area is 389 Å². The van der Waals surface area contributed by atoms with Crippen molar-refractivity contribution in [2.24, 2.45) is 0 Å². The molecule has 0 radical (unpaired) electrons. The summed E-state index contributed by atoms with van der Waals surface area (Å²) in [6.07, 6.45) is 2.26. The number of benzene rings is 10. The Bertz CT molecular complexity index is 3370. The number of rotatable bonds is 11. The van der Waals surface area contributed by atoms with Crippen LogP contribution in [0.4, 0.5) is 42.9 Å². The van der Waals surface area contributed by atoms with Crippen molar-refractivity contribution in [1.82, 2.24) is 4.57 Å². The van der Waals surface area contributed by atoms with Crippen molar-refractivity contribution in [3.8, 4) is 50.3 Å². The van der Waals surface area contributed by atoms with Crippen LogP contribution < -0.4 is 9.80 Å². The van der Waals surface area contributed by atoms with Crippen LogP contribution in [-0.4, -0.2) is 4.57 Å². The molecule has 0 bridgehead atoms. The number of anilines is 6. The van der Waals surface area contributed by atoms with Crippen LogP contribution in [0.5, 0.6) is 0 Å². The van der Waals surface area contributed by atoms with Gasteiger partial charge in [-0.25, -0.2) is 8.78 Å². The van der Waals surface area contributed by atoms with Crippen molar-refractivity contribution in [2.45, 2.75) is 0 Å². The van der Waals surface area contributed by atoms with Gasteiger partial charge in [0.05, 0.1) is 5.69 Å². The van der Waals surface area contributed by atoms with Gasteiger partial charge in [0.1, 0.15) is 11.6 Å². The minimum atomic E-state index is -0.302. The summed E-state index contributed by atoms with van der Waals surface area (Å²) >= 11 is 0. The highest BCUT2D eigenvalue weighted by molar-refractivity contribution is 6.06. The first-order chi connectivity index (χ1) is 33.1. The Morgan fingerprint density at radius 2 is 0.687 bits per heavy atom. The van der Waals surface area contributed by atoms with E-state index in [1.165, 1.54) is 12.1 Å². The topological polar surface area (TPSA) is 11.4 Å². The van der Waals surface area contributed by atoms with Gasteiger partial charge in [-0.05, 0) is 119 Å². The summed E-state index contributed by atoms with van der Waals surface area (Å²) in [5.41, 5.74) is 13.2. The first-order valence-corrected chi connectivity index (χ1v) is 22.4. The lowest BCUT2D eigenvalue weighted by Gasteiger charge is -2.31. The van der Waals surface area contributed by atoms with Crippen molar-refractivity contribution in [3.63, 3.8) is 0 Å². The fourth-order valence-corrected chi connectivity index (χ4v) is 9.24. The van der Waals surface area contributed by atoms with Gasteiger partial charge < -0.3 is 14.4 Å². The molecule has 1 aromatic heterocycles. The van der Waals surface area contributed by atoms with Crippen LogP contribution >= 0.6 is 0 Å². The molecule has 0 N–H and O–H groups in total. The monoisotopic (exact) mass is 867 g/mol. The Morgan fingerprint density at radius 1 is 0.284 bits per heavy atom. The second kappa shape index (κ2) is 18.0. The minimum absolute atomic E-state index is 0.302. The zero-order chi connectivity index (χ0) is 45.1. The highest BCUT2D eigenvalue weighted by Crippen LogP contribution is 2.46. The second-order valence-corrected chi connectivity index (χ2v) is 16.5. The van der Waals surface area contributed by atoms with Gasteiger partial charge in [-0.1, -0.05) is 164 Å². The van der Waals surface area contributed by atoms with E-state index >= 15 is 8.78 Å². The molecule has 0 aliphatic carbocycles. The molecule has 3 nitrogen and oxygen atoms in total. The van der Waals surface area contributed by atoms with Gasteiger partial charge in [0.15, 0.2) is 0 Å². The number of hydrogen-bond donors (Lipinski definition) is 0. The molecule has 11 aromatic rings. The van der Waals surface area contributed by atoms with Crippen molar-refractivity contribution >= 4 is 44.9 Å². The number of fused-ring (bicyclic) bond motifs is 1. The minimum Gasteiger partial charge on any atom is -0.315 e. The maximum atomic E-state index is 15.6. The van der Waals surface area contributed by atoms with E-state index in [1.54, 1.807) is 24.3 Å². The van der Waals surface area contributed by atoms with Crippen LogP contribution in [0.15, 0.2) is 261 Å². The molecular weight excluding hydrogens is 825 g/mol. The van der Waals surface area contributed by atoms with E-state index in [2.05, 4.69) is 160 Å². The molecule has 0 fully saturated rings. The van der Waals surface area contributed by atoms with Crippen LogP contribution in [0.25, 0.3) is 61.1 Å². The molecule has 0 amide bonds. The standard InChI is InChI=1S/C62H43F2N3/c63-60-36-15-13-32-56(60)45-22-17-30-51(38-45)67(52-31-18-23-46(39-52)57-33-14-16-37-61(57)64)54-41-47(40-53(42-54)66(49-26-9-3-10-27-49)50-28-11-4-12-29-50)55-34-19-35-58-59(55)43-65(48-24-7-2-8-25-48)62(58)44-20-5-1-6-21-44/h1-43H. The third-order valence-electron chi connectivity index (χ3n) is 12.3. The quantitative estimate of drug-likeness (QED) is 0.128. The van der Waals surface area contributed by atoms with Gasteiger partial charge in [0, 0.05) is 67.9 Å². The smallest absolute Gasteiger partial charge is 0.131 e. The first kappa shape index (κ1) is 40.9. The van der Waals surface area contributed by atoms with Gasteiger partial charge in [-0.15, -0.1) is 0 Å². The van der Waals surface area contributed by atoms with Crippen molar-refractivity contribution in [2.75, 3.05) is 9.80 Å². The maximum absolute atomic E-state index is 15.6. The molecule has 0 aliphatic rings. The summed E-state index contributed by atoms with van der Waals surface area (Å²) in [6.45, 7) is 0. The molecule has 0 saturated heterocycles. The second-order valence-electron chi connectivity index (χ2n) is 16.5. The Balaban J connectivity index is 1.21. The molecule has 10 aromatic carbocycles. The normalized spacial score (nSPS) is 11.1. The van der Waals surface area contributed by atoms with Crippen LogP contribution in [0, 0.1) is 11.6 Å². The van der Waals surface area contributed by atoms with Gasteiger partial charge in [-0.3, -0.25) is 0 Å².